The van der Waals surface area contributed by atoms with Crippen molar-refractivity contribution < 1.29 is 4.42 Å². The Balaban J connectivity index is 2.11. The molecular weight excluding hydrogens is 278 g/mol. The van der Waals surface area contributed by atoms with Gasteiger partial charge in [0.25, 0.3) is 0 Å². The van der Waals surface area contributed by atoms with Crippen molar-refractivity contribution in [2.24, 2.45) is 0 Å². The van der Waals surface area contributed by atoms with E-state index < -0.39 is 0 Å². The number of fused-ring (bicyclic) bond motifs is 1. The first-order valence-electron chi connectivity index (χ1n) is 8.06. The molecule has 1 aromatic heterocycles. The lowest BCUT2D eigenvalue weighted by Gasteiger charge is -2.13. The van der Waals surface area contributed by atoms with Crippen LogP contribution in [0.25, 0.3) is 11.0 Å². The largest absolute Gasteiger partial charge is 0.461 e. The quantitative estimate of drug-likeness (QED) is 0.705. The SMILES string of the molecule is CCCCc1oc2ccccc2c1CNC(C)CSCC. The minimum absolute atomic E-state index is 0.530. The van der Waals surface area contributed by atoms with Crippen LogP contribution in [0.3, 0.4) is 0 Å². The molecule has 2 aromatic rings. The van der Waals surface area contributed by atoms with E-state index in [-0.39, 0.29) is 0 Å². The van der Waals surface area contributed by atoms with Crippen molar-refractivity contribution in [1.82, 2.24) is 5.32 Å². The summed E-state index contributed by atoms with van der Waals surface area (Å²) in [5.74, 6) is 3.51. The molecule has 21 heavy (non-hydrogen) atoms. The van der Waals surface area contributed by atoms with E-state index in [4.69, 9.17) is 4.42 Å². The zero-order valence-corrected chi connectivity index (χ0v) is 14.3. The Morgan fingerprint density at radius 1 is 1.24 bits per heavy atom. The zero-order chi connectivity index (χ0) is 15.1. The molecule has 1 unspecified atom stereocenters. The molecule has 2 rings (SSSR count). The number of thioether (sulfide) groups is 1. The first-order chi connectivity index (χ1) is 10.3. The molecule has 0 saturated carbocycles. The van der Waals surface area contributed by atoms with Crippen molar-refractivity contribution in [1.29, 1.82) is 0 Å². The van der Waals surface area contributed by atoms with Gasteiger partial charge in [-0.1, -0.05) is 38.5 Å². The summed E-state index contributed by atoms with van der Waals surface area (Å²) in [7, 11) is 0. The zero-order valence-electron chi connectivity index (χ0n) is 13.4. The number of rotatable bonds is 9. The molecule has 0 amide bonds. The normalized spacial score (nSPS) is 12.9. The predicted octanol–water partition coefficient (Wildman–Crippen LogP) is 5.01. The molecule has 1 N–H and O–H groups in total. The smallest absolute Gasteiger partial charge is 0.134 e. The van der Waals surface area contributed by atoms with Crippen LogP contribution in [-0.2, 0) is 13.0 Å². The first kappa shape index (κ1) is 16.4. The van der Waals surface area contributed by atoms with Crippen molar-refractivity contribution >= 4 is 22.7 Å². The summed E-state index contributed by atoms with van der Waals surface area (Å²) >= 11 is 1.99. The number of aryl methyl sites for hydroxylation is 1. The summed E-state index contributed by atoms with van der Waals surface area (Å²) in [5.41, 5.74) is 2.38. The number of unbranched alkanes of at least 4 members (excludes halogenated alkanes) is 1. The van der Waals surface area contributed by atoms with Crippen molar-refractivity contribution in [3.8, 4) is 0 Å². The summed E-state index contributed by atoms with van der Waals surface area (Å²) in [4.78, 5) is 0. The molecule has 0 radical (unpaired) electrons. The van der Waals surface area contributed by atoms with Crippen LogP contribution in [-0.4, -0.2) is 17.5 Å². The summed E-state index contributed by atoms with van der Waals surface area (Å²) in [6.07, 6.45) is 3.43. The Bertz CT molecular complexity index is 549. The van der Waals surface area contributed by atoms with Gasteiger partial charge in [-0.2, -0.15) is 11.8 Å². The van der Waals surface area contributed by atoms with Gasteiger partial charge in [0.2, 0.25) is 0 Å². The van der Waals surface area contributed by atoms with Gasteiger partial charge < -0.3 is 9.73 Å². The van der Waals surface area contributed by atoms with E-state index in [1.54, 1.807) is 0 Å². The van der Waals surface area contributed by atoms with E-state index >= 15 is 0 Å². The van der Waals surface area contributed by atoms with E-state index in [0.717, 1.165) is 24.3 Å². The second kappa shape index (κ2) is 8.50. The Hall–Kier alpha value is -0.930. The third kappa shape index (κ3) is 4.52. The van der Waals surface area contributed by atoms with Gasteiger partial charge in [0.05, 0.1) is 0 Å². The van der Waals surface area contributed by atoms with Gasteiger partial charge in [0, 0.05) is 35.7 Å². The van der Waals surface area contributed by atoms with Crippen molar-refractivity contribution in [2.45, 2.75) is 52.6 Å². The third-order valence-electron chi connectivity index (χ3n) is 3.74. The fraction of sp³-hybridized carbons (Fsp3) is 0.556. The highest BCUT2D eigenvalue weighted by Crippen LogP contribution is 2.27. The number of para-hydroxylation sites is 1. The number of furan rings is 1. The first-order valence-corrected chi connectivity index (χ1v) is 9.22. The minimum Gasteiger partial charge on any atom is -0.461 e. The van der Waals surface area contributed by atoms with E-state index in [1.165, 1.54) is 35.3 Å². The van der Waals surface area contributed by atoms with Gasteiger partial charge in [0.1, 0.15) is 11.3 Å². The monoisotopic (exact) mass is 305 g/mol. The number of benzene rings is 1. The molecular formula is C18H27NOS. The average Bonchev–Trinajstić information content (AvgIpc) is 2.86. The van der Waals surface area contributed by atoms with Gasteiger partial charge >= 0.3 is 0 Å². The Kier molecular flexibility index (Phi) is 6.65. The average molecular weight is 305 g/mol. The molecule has 0 fully saturated rings. The molecule has 0 saturated heterocycles. The van der Waals surface area contributed by atoms with Gasteiger partial charge in [-0.3, -0.25) is 0 Å². The predicted molar refractivity (Wildman–Crippen MR) is 94.1 cm³/mol. The maximum absolute atomic E-state index is 6.07. The van der Waals surface area contributed by atoms with Crippen LogP contribution in [0.4, 0.5) is 0 Å². The van der Waals surface area contributed by atoms with Crippen molar-refractivity contribution in [3.05, 3.63) is 35.6 Å². The number of hydrogen-bond donors (Lipinski definition) is 1. The van der Waals surface area contributed by atoms with Crippen molar-refractivity contribution in [3.63, 3.8) is 0 Å². The minimum atomic E-state index is 0.530. The highest BCUT2D eigenvalue weighted by molar-refractivity contribution is 7.99. The molecule has 1 atom stereocenters. The van der Waals surface area contributed by atoms with Crippen LogP contribution in [0.1, 0.15) is 44.9 Å². The van der Waals surface area contributed by atoms with Crippen LogP contribution < -0.4 is 5.32 Å². The Morgan fingerprint density at radius 2 is 2.05 bits per heavy atom. The van der Waals surface area contributed by atoms with Crippen LogP contribution in [0.15, 0.2) is 28.7 Å². The van der Waals surface area contributed by atoms with Gasteiger partial charge in [0.15, 0.2) is 0 Å². The second-order valence-electron chi connectivity index (χ2n) is 5.54. The van der Waals surface area contributed by atoms with Gasteiger partial charge in [-0.15, -0.1) is 0 Å². The van der Waals surface area contributed by atoms with Crippen molar-refractivity contribution in [2.75, 3.05) is 11.5 Å². The summed E-state index contributed by atoms with van der Waals surface area (Å²) < 4.78 is 6.07. The molecule has 0 bridgehead atoms. The Labute approximate surface area is 132 Å². The van der Waals surface area contributed by atoms with Crippen LogP contribution in [0.2, 0.25) is 0 Å². The number of nitrogens with one attached hydrogen (secondary N) is 1. The number of hydrogen-bond acceptors (Lipinski definition) is 3. The molecule has 0 aliphatic rings. The molecule has 1 heterocycles. The molecule has 0 aliphatic carbocycles. The Morgan fingerprint density at radius 3 is 2.81 bits per heavy atom. The van der Waals surface area contributed by atoms with Crippen LogP contribution >= 0.6 is 11.8 Å². The van der Waals surface area contributed by atoms with E-state index in [2.05, 4.69) is 44.3 Å². The van der Waals surface area contributed by atoms with Gasteiger partial charge in [-0.25, -0.2) is 0 Å². The van der Waals surface area contributed by atoms with E-state index in [1.807, 2.05) is 17.8 Å². The maximum atomic E-state index is 6.07. The summed E-state index contributed by atoms with van der Waals surface area (Å²) in [6.45, 7) is 7.60. The summed E-state index contributed by atoms with van der Waals surface area (Å²) in [6, 6.07) is 8.93. The highest BCUT2D eigenvalue weighted by atomic mass is 32.2. The fourth-order valence-corrected chi connectivity index (χ4v) is 3.22. The molecule has 116 valence electrons. The topological polar surface area (TPSA) is 25.2 Å². The molecule has 2 nitrogen and oxygen atoms in total. The maximum Gasteiger partial charge on any atom is 0.134 e. The lowest BCUT2D eigenvalue weighted by Crippen LogP contribution is -2.28. The lowest BCUT2D eigenvalue weighted by molar-refractivity contribution is 0.518. The highest BCUT2D eigenvalue weighted by Gasteiger charge is 2.14. The van der Waals surface area contributed by atoms with Crippen LogP contribution in [0, 0.1) is 0 Å². The molecule has 1 aromatic carbocycles. The molecule has 0 aliphatic heterocycles. The van der Waals surface area contributed by atoms with Crippen LogP contribution in [0.5, 0.6) is 0 Å². The van der Waals surface area contributed by atoms with E-state index in [9.17, 15) is 0 Å². The lowest BCUT2D eigenvalue weighted by atomic mass is 10.1. The second-order valence-corrected chi connectivity index (χ2v) is 6.86. The standard InChI is InChI=1S/C18H27NOS/c1-4-6-10-18-16(12-19-14(3)13-21-5-2)15-9-7-8-11-17(15)20-18/h7-9,11,14,19H,4-6,10,12-13H2,1-3H3. The third-order valence-corrected chi connectivity index (χ3v) is 4.88. The fourth-order valence-electron chi connectivity index (χ4n) is 2.51. The summed E-state index contributed by atoms with van der Waals surface area (Å²) in [5, 5.41) is 4.92. The van der Waals surface area contributed by atoms with Gasteiger partial charge in [-0.05, 0) is 25.2 Å². The van der Waals surface area contributed by atoms with E-state index in [0.29, 0.717) is 6.04 Å². The molecule has 0 spiro atoms. The molecule has 3 heteroatoms.